The number of aryl methyl sites for hydroxylation is 2. The first kappa shape index (κ1) is 21.9. The Morgan fingerprint density at radius 3 is 2.36 bits per heavy atom. The number of nitrogens with zero attached hydrogens (tertiary/aromatic N) is 5. The Kier molecular flexibility index (Phi) is 7.99. The van der Waals surface area contributed by atoms with Crippen LogP contribution >= 0.6 is 0 Å². The minimum absolute atomic E-state index is 0.531. The van der Waals surface area contributed by atoms with E-state index in [1.54, 1.807) is 7.05 Å². The summed E-state index contributed by atoms with van der Waals surface area (Å²) in [7, 11) is 1.79. The van der Waals surface area contributed by atoms with Crippen molar-refractivity contribution in [2.75, 3.05) is 20.1 Å². The Bertz CT molecular complexity index is 752. The maximum Gasteiger partial charge on any atom is 0.191 e. The molecule has 2 aromatic heterocycles. The summed E-state index contributed by atoms with van der Waals surface area (Å²) in [5.41, 5.74) is 3.17. The Balaban J connectivity index is 1.85. The van der Waals surface area contributed by atoms with Crippen LogP contribution < -0.4 is 10.6 Å². The van der Waals surface area contributed by atoms with Crippen molar-refractivity contribution in [3.05, 3.63) is 41.3 Å². The predicted molar refractivity (Wildman–Crippen MR) is 116 cm³/mol. The van der Waals surface area contributed by atoms with Crippen molar-refractivity contribution in [3.63, 3.8) is 0 Å². The van der Waals surface area contributed by atoms with Crippen LogP contribution in [0.2, 0.25) is 0 Å². The van der Waals surface area contributed by atoms with E-state index in [0.717, 1.165) is 41.8 Å². The molecule has 0 saturated carbocycles. The summed E-state index contributed by atoms with van der Waals surface area (Å²) >= 11 is 0. The largest absolute Gasteiger partial charge is 0.355 e. The van der Waals surface area contributed by atoms with E-state index in [1.165, 1.54) is 0 Å². The highest BCUT2D eigenvalue weighted by Crippen LogP contribution is 2.10. The molecule has 0 aliphatic heterocycles. The minimum atomic E-state index is 0.531. The van der Waals surface area contributed by atoms with Crippen LogP contribution in [0.25, 0.3) is 5.82 Å². The van der Waals surface area contributed by atoms with Gasteiger partial charge in [0.15, 0.2) is 11.8 Å². The minimum Gasteiger partial charge on any atom is -0.355 e. The highest BCUT2D eigenvalue weighted by Gasteiger charge is 2.12. The maximum absolute atomic E-state index is 4.54. The zero-order chi connectivity index (χ0) is 20.7. The van der Waals surface area contributed by atoms with E-state index in [2.05, 4.69) is 64.4 Å². The Morgan fingerprint density at radius 2 is 1.86 bits per heavy atom. The van der Waals surface area contributed by atoms with Gasteiger partial charge in [0.05, 0.1) is 5.69 Å². The van der Waals surface area contributed by atoms with Gasteiger partial charge >= 0.3 is 0 Å². The molecule has 7 nitrogen and oxygen atoms in total. The van der Waals surface area contributed by atoms with Crippen LogP contribution in [0.5, 0.6) is 0 Å². The second-order valence-corrected chi connectivity index (χ2v) is 7.64. The molecule has 0 unspecified atom stereocenters. The van der Waals surface area contributed by atoms with Crippen molar-refractivity contribution in [1.29, 1.82) is 0 Å². The molecular weight excluding hydrogens is 350 g/mol. The normalized spacial score (nSPS) is 12.3. The Hall–Kier alpha value is -2.41. The van der Waals surface area contributed by atoms with E-state index in [-0.39, 0.29) is 0 Å². The topological polar surface area (TPSA) is 70.4 Å². The van der Waals surface area contributed by atoms with Crippen LogP contribution in [0.1, 0.15) is 44.6 Å². The van der Waals surface area contributed by atoms with E-state index in [9.17, 15) is 0 Å². The molecule has 0 aromatic carbocycles. The zero-order valence-corrected chi connectivity index (χ0v) is 18.3. The SMILES string of the molecule is CN=C(NCCN(C(C)C)C(C)C)NCc1ccc(-n2nc(C)cc2C)nc1. The van der Waals surface area contributed by atoms with Crippen LogP contribution in [0.15, 0.2) is 29.4 Å². The predicted octanol–water partition coefficient (Wildman–Crippen LogP) is 2.67. The van der Waals surface area contributed by atoms with E-state index >= 15 is 0 Å². The number of aliphatic imine (C=N–C) groups is 1. The highest BCUT2D eigenvalue weighted by molar-refractivity contribution is 5.79. The van der Waals surface area contributed by atoms with Crippen LogP contribution in [0.4, 0.5) is 0 Å². The monoisotopic (exact) mass is 385 g/mol. The van der Waals surface area contributed by atoms with E-state index < -0.39 is 0 Å². The van der Waals surface area contributed by atoms with Crippen LogP contribution in [0, 0.1) is 13.8 Å². The quantitative estimate of drug-likeness (QED) is 0.540. The fourth-order valence-corrected chi connectivity index (χ4v) is 3.33. The number of hydrogen-bond donors (Lipinski definition) is 2. The summed E-state index contributed by atoms with van der Waals surface area (Å²) in [4.78, 5) is 11.3. The first-order valence-electron chi connectivity index (χ1n) is 10.0. The molecule has 2 heterocycles. The number of aromatic nitrogens is 3. The lowest BCUT2D eigenvalue weighted by atomic mass is 10.2. The average Bonchev–Trinajstić information content (AvgIpc) is 2.99. The zero-order valence-electron chi connectivity index (χ0n) is 18.3. The number of pyridine rings is 1. The fraction of sp³-hybridized carbons (Fsp3) is 0.571. The lowest BCUT2D eigenvalue weighted by Crippen LogP contribution is -2.45. The summed E-state index contributed by atoms with van der Waals surface area (Å²) in [6, 6.07) is 7.17. The molecule has 2 rings (SSSR count). The molecule has 2 aromatic rings. The van der Waals surface area contributed by atoms with Gasteiger partial charge in [0.2, 0.25) is 0 Å². The third-order valence-corrected chi connectivity index (χ3v) is 4.71. The second kappa shape index (κ2) is 10.2. The van der Waals surface area contributed by atoms with Gasteiger partial charge in [-0.25, -0.2) is 9.67 Å². The summed E-state index contributed by atoms with van der Waals surface area (Å²) in [5, 5.41) is 11.2. The van der Waals surface area contributed by atoms with Crippen molar-refractivity contribution in [2.45, 2.75) is 60.2 Å². The van der Waals surface area contributed by atoms with Gasteiger partial charge in [-0.3, -0.25) is 9.89 Å². The van der Waals surface area contributed by atoms with Crippen LogP contribution in [-0.2, 0) is 6.54 Å². The summed E-state index contributed by atoms with van der Waals surface area (Å²) in [5.74, 6) is 1.63. The van der Waals surface area contributed by atoms with Crippen LogP contribution in [0.3, 0.4) is 0 Å². The standard InChI is InChI=1S/C21H35N7/c1-15(2)27(16(3)4)11-10-23-21(22-7)25-14-19-8-9-20(24-13-19)28-18(6)12-17(5)26-28/h8-9,12-13,15-16H,10-11,14H2,1-7H3,(H2,22,23,25). The molecule has 0 spiro atoms. The molecule has 0 aliphatic carbocycles. The van der Waals surface area contributed by atoms with E-state index in [0.29, 0.717) is 18.6 Å². The molecule has 0 fully saturated rings. The van der Waals surface area contributed by atoms with Gasteiger partial charge in [-0.05, 0) is 59.2 Å². The average molecular weight is 386 g/mol. The number of rotatable bonds is 8. The van der Waals surface area contributed by atoms with Crippen molar-refractivity contribution in [3.8, 4) is 5.82 Å². The van der Waals surface area contributed by atoms with Crippen molar-refractivity contribution < 1.29 is 0 Å². The maximum atomic E-state index is 4.54. The molecule has 0 atom stereocenters. The van der Waals surface area contributed by atoms with Crippen molar-refractivity contribution >= 4 is 5.96 Å². The first-order chi connectivity index (χ1) is 13.3. The highest BCUT2D eigenvalue weighted by atomic mass is 15.3. The molecule has 28 heavy (non-hydrogen) atoms. The summed E-state index contributed by atoms with van der Waals surface area (Å²) in [6.45, 7) is 15.5. The first-order valence-corrected chi connectivity index (χ1v) is 10.0. The third-order valence-electron chi connectivity index (χ3n) is 4.71. The molecule has 0 amide bonds. The number of nitrogens with one attached hydrogen (secondary N) is 2. The molecule has 7 heteroatoms. The number of guanidine groups is 1. The van der Waals surface area contributed by atoms with E-state index in [4.69, 9.17) is 0 Å². The molecule has 2 N–H and O–H groups in total. The second-order valence-electron chi connectivity index (χ2n) is 7.64. The van der Waals surface area contributed by atoms with Gasteiger partial charge < -0.3 is 10.6 Å². The molecular formula is C21H35N7. The third kappa shape index (κ3) is 6.05. The summed E-state index contributed by atoms with van der Waals surface area (Å²) < 4.78 is 1.86. The van der Waals surface area contributed by atoms with Crippen molar-refractivity contribution in [1.82, 2.24) is 30.3 Å². The Morgan fingerprint density at radius 1 is 1.14 bits per heavy atom. The Labute approximate surface area is 169 Å². The van der Waals surface area contributed by atoms with Crippen molar-refractivity contribution in [2.24, 2.45) is 4.99 Å². The lowest BCUT2D eigenvalue weighted by Gasteiger charge is -2.30. The lowest BCUT2D eigenvalue weighted by molar-refractivity contribution is 0.178. The van der Waals surface area contributed by atoms with Crippen LogP contribution in [-0.4, -0.2) is 57.8 Å². The van der Waals surface area contributed by atoms with Gasteiger partial charge in [-0.1, -0.05) is 6.07 Å². The fourth-order valence-electron chi connectivity index (χ4n) is 3.33. The van der Waals surface area contributed by atoms with Gasteiger partial charge in [-0.15, -0.1) is 0 Å². The molecule has 0 aliphatic rings. The van der Waals surface area contributed by atoms with Gasteiger partial charge in [-0.2, -0.15) is 5.10 Å². The summed E-state index contributed by atoms with van der Waals surface area (Å²) in [6.07, 6.45) is 1.88. The van der Waals surface area contributed by atoms with E-state index in [1.807, 2.05) is 36.9 Å². The van der Waals surface area contributed by atoms with Gasteiger partial charge in [0.25, 0.3) is 0 Å². The molecule has 0 bridgehead atoms. The van der Waals surface area contributed by atoms with Gasteiger partial charge in [0.1, 0.15) is 0 Å². The van der Waals surface area contributed by atoms with Gasteiger partial charge in [0, 0.05) is 50.7 Å². The molecule has 154 valence electrons. The molecule has 0 radical (unpaired) electrons. The smallest absolute Gasteiger partial charge is 0.191 e. The molecule has 0 saturated heterocycles. The number of hydrogen-bond acceptors (Lipinski definition) is 4.